The fourth-order valence-electron chi connectivity index (χ4n) is 1.72. The van der Waals surface area contributed by atoms with E-state index in [0.29, 0.717) is 11.3 Å². The summed E-state index contributed by atoms with van der Waals surface area (Å²) in [4.78, 5) is 11.1. The first-order valence-corrected chi connectivity index (χ1v) is 5.39. The van der Waals surface area contributed by atoms with Crippen LogP contribution < -0.4 is 10.5 Å². The molecule has 0 fully saturated rings. The number of benzene rings is 2. The third-order valence-electron chi connectivity index (χ3n) is 2.66. The Hall–Kier alpha value is -2.49. The molecule has 4 heteroatoms. The highest BCUT2D eigenvalue weighted by atomic mass is 16.5. The van der Waals surface area contributed by atoms with E-state index in [4.69, 9.17) is 10.5 Å². The molecule has 4 nitrogen and oxygen atoms in total. The first-order chi connectivity index (χ1) is 8.61. The Bertz CT molecular complexity index is 593. The van der Waals surface area contributed by atoms with Crippen molar-refractivity contribution < 1.29 is 14.6 Å². The molecule has 0 saturated heterocycles. The summed E-state index contributed by atoms with van der Waals surface area (Å²) in [6.07, 6.45) is 0. The van der Waals surface area contributed by atoms with Gasteiger partial charge in [-0.3, -0.25) is 4.79 Å². The van der Waals surface area contributed by atoms with Crippen LogP contribution in [0.3, 0.4) is 0 Å². The second kappa shape index (κ2) is 4.79. The lowest BCUT2D eigenvalue weighted by Gasteiger charge is -2.07. The first kappa shape index (κ1) is 12.0. The molecule has 1 amide bonds. The van der Waals surface area contributed by atoms with Gasteiger partial charge in [0.25, 0.3) is 0 Å². The Morgan fingerprint density at radius 1 is 1.17 bits per heavy atom. The molecule has 0 aliphatic heterocycles. The lowest BCUT2D eigenvalue weighted by Crippen LogP contribution is -2.10. The van der Waals surface area contributed by atoms with Crippen molar-refractivity contribution >= 4 is 5.91 Å². The number of hydrogen-bond donors (Lipinski definition) is 2. The highest BCUT2D eigenvalue weighted by molar-refractivity contribution is 5.94. The largest absolute Gasteiger partial charge is 0.504 e. The van der Waals surface area contributed by atoms with Gasteiger partial charge in [-0.1, -0.05) is 18.2 Å². The topological polar surface area (TPSA) is 72.5 Å². The zero-order chi connectivity index (χ0) is 13.1. The molecule has 0 aliphatic rings. The van der Waals surface area contributed by atoms with E-state index in [2.05, 4.69) is 0 Å². The monoisotopic (exact) mass is 243 g/mol. The second-order valence-corrected chi connectivity index (χ2v) is 3.83. The summed E-state index contributed by atoms with van der Waals surface area (Å²) in [5.41, 5.74) is 7.26. The maximum atomic E-state index is 11.1. The fraction of sp³-hybridized carbons (Fsp3) is 0.0714. The van der Waals surface area contributed by atoms with Crippen molar-refractivity contribution in [3.63, 3.8) is 0 Å². The number of carbonyl (C=O) groups excluding carboxylic acids is 1. The van der Waals surface area contributed by atoms with Crippen molar-refractivity contribution in [3.05, 3.63) is 48.0 Å². The van der Waals surface area contributed by atoms with Crippen molar-refractivity contribution in [2.45, 2.75) is 0 Å². The maximum absolute atomic E-state index is 11.1. The van der Waals surface area contributed by atoms with Crippen molar-refractivity contribution in [2.75, 3.05) is 7.11 Å². The summed E-state index contributed by atoms with van der Waals surface area (Å²) in [6, 6.07) is 12.0. The zero-order valence-corrected chi connectivity index (χ0v) is 9.88. The summed E-state index contributed by atoms with van der Waals surface area (Å²) in [5, 5.41) is 9.71. The number of carbonyl (C=O) groups is 1. The number of ether oxygens (including phenoxy) is 1. The zero-order valence-electron chi connectivity index (χ0n) is 9.88. The average Bonchev–Trinajstić information content (AvgIpc) is 2.38. The molecule has 92 valence electrons. The number of primary amides is 1. The average molecular weight is 243 g/mol. The summed E-state index contributed by atoms with van der Waals surface area (Å²) in [5.74, 6) is -0.0149. The predicted octanol–water partition coefficient (Wildman–Crippen LogP) is 2.17. The molecule has 18 heavy (non-hydrogen) atoms. The van der Waals surface area contributed by atoms with Crippen LogP contribution in [-0.2, 0) is 0 Å². The molecule has 3 N–H and O–H groups in total. The summed E-state index contributed by atoms with van der Waals surface area (Å²) in [7, 11) is 1.49. The predicted molar refractivity (Wildman–Crippen MR) is 68.6 cm³/mol. The van der Waals surface area contributed by atoms with Crippen LogP contribution in [0.15, 0.2) is 42.5 Å². The van der Waals surface area contributed by atoms with Crippen LogP contribution in [0.5, 0.6) is 11.5 Å². The molecule has 0 aliphatic carbocycles. The normalized spacial score (nSPS) is 10.1. The highest BCUT2D eigenvalue weighted by Gasteiger charge is 2.06. The van der Waals surface area contributed by atoms with Crippen molar-refractivity contribution in [1.82, 2.24) is 0 Å². The lowest BCUT2D eigenvalue weighted by atomic mass is 10.0. The second-order valence-electron chi connectivity index (χ2n) is 3.83. The van der Waals surface area contributed by atoms with Crippen LogP contribution in [0.25, 0.3) is 11.1 Å². The molecular formula is C14H13NO3. The minimum atomic E-state index is -0.477. The van der Waals surface area contributed by atoms with Gasteiger partial charge in [-0.15, -0.1) is 0 Å². The maximum Gasteiger partial charge on any atom is 0.248 e. The van der Waals surface area contributed by atoms with Crippen LogP contribution in [0, 0.1) is 0 Å². The Morgan fingerprint density at radius 2 is 1.89 bits per heavy atom. The summed E-state index contributed by atoms with van der Waals surface area (Å²) >= 11 is 0. The third-order valence-corrected chi connectivity index (χ3v) is 2.66. The van der Waals surface area contributed by atoms with Crippen LogP contribution in [0.1, 0.15) is 10.4 Å². The number of nitrogens with two attached hydrogens (primary N) is 1. The van der Waals surface area contributed by atoms with Crippen LogP contribution in [0.4, 0.5) is 0 Å². The van der Waals surface area contributed by atoms with Gasteiger partial charge in [-0.2, -0.15) is 0 Å². The van der Waals surface area contributed by atoms with Gasteiger partial charge in [-0.25, -0.2) is 0 Å². The number of phenolic OH excluding ortho intramolecular Hbond substituents is 1. The number of rotatable bonds is 3. The van der Waals surface area contributed by atoms with Crippen LogP contribution >= 0.6 is 0 Å². The number of hydrogen-bond acceptors (Lipinski definition) is 3. The number of phenols is 1. The highest BCUT2D eigenvalue weighted by Crippen LogP contribution is 2.31. The number of amides is 1. The molecular weight excluding hydrogens is 230 g/mol. The molecule has 0 saturated carbocycles. The van der Waals surface area contributed by atoms with Gasteiger partial charge in [0.15, 0.2) is 11.5 Å². The molecule has 0 aromatic heterocycles. The minimum Gasteiger partial charge on any atom is -0.504 e. The lowest BCUT2D eigenvalue weighted by molar-refractivity contribution is 0.100. The van der Waals surface area contributed by atoms with E-state index in [-0.39, 0.29) is 5.75 Å². The van der Waals surface area contributed by atoms with E-state index in [0.717, 1.165) is 11.1 Å². The van der Waals surface area contributed by atoms with Gasteiger partial charge in [-0.05, 0) is 35.4 Å². The van der Waals surface area contributed by atoms with Crippen molar-refractivity contribution in [2.24, 2.45) is 5.73 Å². The van der Waals surface area contributed by atoms with Gasteiger partial charge in [0.1, 0.15) is 0 Å². The third kappa shape index (κ3) is 2.27. The van der Waals surface area contributed by atoms with E-state index in [1.54, 1.807) is 36.4 Å². The molecule has 2 rings (SSSR count). The van der Waals surface area contributed by atoms with Gasteiger partial charge < -0.3 is 15.6 Å². The van der Waals surface area contributed by atoms with Crippen molar-refractivity contribution in [3.8, 4) is 22.6 Å². The van der Waals surface area contributed by atoms with Crippen molar-refractivity contribution in [1.29, 1.82) is 0 Å². The van der Waals surface area contributed by atoms with E-state index in [1.807, 2.05) is 6.07 Å². The van der Waals surface area contributed by atoms with E-state index >= 15 is 0 Å². The molecule has 0 atom stereocenters. The van der Waals surface area contributed by atoms with E-state index in [9.17, 15) is 9.90 Å². The minimum absolute atomic E-state index is 0.0551. The van der Waals surface area contributed by atoms with Gasteiger partial charge in [0, 0.05) is 5.56 Å². The summed E-state index contributed by atoms with van der Waals surface area (Å²) in [6.45, 7) is 0. The fourth-order valence-corrected chi connectivity index (χ4v) is 1.72. The van der Waals surface area contributed by atoms with Gasteiger partial charge in [0.2, 0.25) is 5.91 Å². The molecule has 0 bridgehead atoms. The molecule has 2 aromatic rings. The van der Waals surface area contributed by atoms with E-state index in [1.165, 1.54) is 7.11 Å². The smallest absolute Gasteiger partial charge is 0.248 e. The molecule has 0 spiro atoms. The Kier molecular flexibility index (Phi) is 3.19. The molecule has 0 radical (unpaired) electrons. The van der Waals surface area contributed by atoms with Crippen LogP contribution in [-0.4, -0.2) is 18.1 Å². The number of aromatic hydroxyl groups is 1. The summed E-state index contributed by atoms with van der Waals surface area (Å²) < 4.78 is 4.97. The molecule has 0 heterocycles. The Labute approximate surface area is 105 Å². The first-order valence-electron chi connectivity index (χ1n) is 5.39. The Morgan fingerprint density at radius 3 is 2.50 bits per heavy atom. The molecule has 2 aromatic carbocycles. The number of methoxy groups -OCH3 is 1. The van der Waals surface area contributed by atoms with Gasteiger partial charge >= 0.3 is 0 Å². The standard InChI is InChI=1S/C14H13NO3/c1-18-13-6-5-10(8-12(13)16)9-3-2-4-11(7-9)14(15)17/h2-8,16H,1H3,(H2,15,17). The van der Waals surface area contributed by atoms with Gasteiger partial charge in [0.05, 0.1) is 7.11 Å². The van der Waals surface area contributed by atoms with Crippen LogP contribution in [0.2, 0.25) is 0 Å². The Balaban J connectivity index is 2.45. The SMILES string of the molecule is COc1ccc(-c2cccc(C(N)=O)c2)cc1O. The molecule has 0 unspecified atom stereocenters. The quantitative estimate of drug-likeness (QED) is 0.867. The van der Waals surface area contributed by atoms with E-state index < -0.39 is 5.91 Å².